The summed E-state index contributed by atoms with van der Waals surface area (Å²) >= 11 is 0. The van der Waals surface area contributed by atoms with Crippen LogP contribution in [0.25, 0.3) is 10.9 Å². The Morgan fingerprint density at radius 1 is 0.667 bits per heavy atom. The van der Waals surface area contributed by atoms with E-state index in [0.717, 1.165) is 65.0 Å². The number of unbranched alkanes of at least 4 members (excludes halogenated alkanes) is 4. The molecule has 178 valence electrons. The van der Waals surface area contributed by atoms with Crippen LogP contribution in [0.3, 0.4) is 0 Å². The maximum absolute atomic E-state index is 6.48. The summed E-state index contributed by atoms with van der Waals surface area (Å²) in [6.07, 6.45) is 8.80. The molecule has 5 nitrogen and oxygen atoms in total. The van der Waals surface area contributed by atoms with Gasteiger partial charge in [-0.2, -0.15) is 0 Å². The smallest absolute Gasteiger partial charge is 0.216 e. The van der Waals surface area contributed by atoms with Crippen LogP contribution in [0.1, 0.15) is 63.5 Å². The average Bonchev–Trinajstić information content (AvgIpc) is 2.84. The predicted molar refractivity (Wildman–Crippen MR) is 134 cm³/mol. The first-order chi connectivity index (χ1) is 16.1. The molecule has 0 radical (unpaired) electrons. The molecule has 5 heteroatoms. The van der Waals surface area contributed by atoms with Gasteiger partial charge in [0.25, 0.3) is 0 Å². The van der Waals surface area contributed by atoms with Crippen molar-refractivity contribution in [1.29, 1.82) is 0 Å². The van der Waals surface area contributed by atoms with E-state index in [2.05, 4.69) is 26.0 Å². The van der Waals surface area contributed by atoms with Crippen LogP contribution in [-0.4, -0.2) is 26.3 Å². The quantitative estimate of drug-likeness (QED) is 0.252. The molecule has 0 spiro atoms. The fourth-order valence-electron chi connectivity index (χ4n) is 4.03. The zero-order chi connectivity index (χ0) is 23.6. The van der Waals surface area contributed by atoms with Crippen molar-refractivity contribution in [2.24, 2.45) is 0 Å². The van der Waals surface area contributed by atoms with E-state index in [-0.39, 0.29) is 0 Å². The van der Waals surface area contributed by atoms with E-state index >= 15 is 0 Å². The van der Waals surface area contributed by atoms with Crippen LogP contribution in [0, 0.1) is 0 Å². The van der Waals surface area contributed by atoms with Crippen molar-refractivity contribution in [3.05, 3.63) is 47.5 Å². The third-order valence-electron chi connectivity index (χ3n) is 5.91. The highest BCUT2D eigenvalue weighted by Crippen LogP contribution is 2.38. The van der Waals surface area contributed by atoms with E-state index in [1.165, 1.54) is 25.7 Å². The van der Waals surface area contributed by atoms with Gasteiger partial charge in [0.1, 0.15) is 22.8 Å². The van der Waals surface area contributed by atoms with E-state index in [4.69, 9.17) is 23.9 Å². The molecule has 1 aromatic heterocycles. The van der Waals surface area contributed by atoms with Crippen molar-refractivity contribution in [2.75, 3.05) is 21.3 Å². The first-order valence-corrected chi connectivity index (χ1v) is 12.0. The Hall–Kier alpha value is -2.95. The number of pyridine rings is 1. The van der Waals surface area contributed by atoms with E-state index < -0.39 is 0 Å². The lowest BCUT2D eigenvalue weighted by atomic mass is 10.0. The molecule has 2 aromatic carbocycles. The Bertz CT molecular complexity index is 1050. The molecule has 0 amide bonds. The maximum atomic E-state index is 6.48. The van der Waals surface area contributed by atoms with E-state index in [0.29, 0.717) is 11.6 Å². The van der Waals surface area contributed by atoms with Gasteiger partial charge >= 0.3 is 0 Å². The van der Waals surface area contributed by atoms with Gasteiger partial charge in [-0.25, -0.2) is 4.98 Å². The highest BCUT2D eigenvalue weighted by Gasteiger charge is 2.16. The molecule has 3 rings (SSSR count). The zero-order valence-electron chi connectivity index (χ0n) is 20.7. The lowest BCUT2D eigenvalue weighted by Crippen LogP contribution is -2.00. The van der Waals surface area contributed by atoms with Crippen LogP contribution in [0.15, 0.2) is 36.4 Å². The van der Waals surface area contributed by atoms with Gasteiger partial charge < -0.3 is 18.9 Å². The second kappa shape index (κ2) is 12.3. The minimum Gasteiger partial charge on any atom is -0.497 e. The normalized spacial score (nSPS) is 10.9. The predicted octanol–water partition coefficient (Wildman–Crippen LogP) is 7.52. The Morgan fingerprint density at radius 2 is 1.36 bits per heavy atom. The molecule has 3 aromatic rings. The van der Waals surface area contributed by atoms with E-state index in [1.54, 1.807) is 21.3 Å². The third-order valence-corrected chi connectivity index (χ3v) is 5.91. The van der Waals surface area contributed by atoms with Crippen molar-refractivity contribution < 1.29 is 18.9 Å². The SMILES string of the molecule is CCCCCc1cc(OC)ccc1Oc1cc(OC)cc2cc(CCCCC)c(OC)nc12. The molecular weight excluding hydrogens is 414 g/mol. The molecule has 33 heavy (non-hydrogen) atoms. The number of nitrogens with zero attached hydrogens (tertiary/aromatic N) is 1. The number of ether oxygens (including phenoxy) is 4. The van der Waals surface area contributed by atoms with E-state index in [1.807, 2.05) is 24.3 Å². The summed E-state index contributed by atoms with van der Waals surface area (Å²) < 4.78 is 23.2. The maximum Gasteiger partial charge on any atom is 0.216 e. The number of hydrogen-bond donors (Lipinski definition) is 0. The largest absolute Gasteiger partial charge is 0.497 e. The average molecular weight is 452 g/mol. The third kappa shape index (κ3) is 6.31. The van der Waals surface area contributed by atoms with Gasteiger partial charge in [0, 0.05) is 17.0 Å². The Morgan fingerprint density at radius 3 is 2.00 bits per heavy atom. The van der Waals surface area contributed by atoms with Gasteiger partial charge in [-0.3, -0.25) is 0 Å². The fourth-order valence-corrected chi connectivity index (χ4v) is 4.03. The minimum atomic E-state index is 0.657. The van der Waals surface area contributed by atoms with Crippen LogP contribution in [-0.2, 0) is 12.8 Å². The van der Waals surface area contributed by atoms with Gasteiger partial charge in [-0.05, 0) is 61.6 Å². The number of fused-ring (bicyclic) bond motifs is 1. The Balaban J connectivity index is 2.03. The number of rotatable bonds is 13. The van der Waals surface area contributed by atoms with Crippen molar-refractivity contribution in [1.82, 2.24) is 4.98 Å². The van der Waals surface area contributed by atoms with Crippen molar-refractivity contribution in [3.63, 3.8) is 0 Å². The standard InChI is InChI=1S/C28H37NO4/c1-6-8-10-12-20-17-23(30-3)14-15-25(20)33-26-19-24(31-4)18-22-16-21(13-11-9-7-2)28(32-5)29-27(22)26/h14-19H,6-13H2,1-5H3. The van der Waals surface area contributed by atoms with Crippen molar-refractivity contribution in [2.45, 2.75) is 65.2 Å². The summed E-state index contributed by atoms with van der Waals surface area (Å²) in [5.74, 6) is 3.70. The molecule has 1 heterocycles. The van der Waals surface area contributed by atoms with Crippen LogP contribution in [0.4, 0.5) is 0 Å². The summed E-state index contributed by atoms with van der Waals surface area (Å²) in [6.45, 7) is 4.42. The Labute approximate surface area is 198 Å². The molecule has 0 aliphatic rings. The second-order valence-corrected chi connectivity index (χ2v) is 8.34. The highest BCUT2D eigenvalue weighted by molar-refractivity contribution is 5.88. The zero-order valence-corrected chi connectivity index (χ0v) is 20.7. The molecule has 0 fully saturated rings. The lowest BCUT2D eigenvalue weighted by Gasteiger charge is -2.16. The van der Waals surface area contributed by atoms with Crippen LogP contribution >= 0.6 is 0 Å². The summed E-state index contributed by atoms with van der Waals surface area (Å²) in [4.78, 5) is 4.86. The number of methoxy groups -OCH3 is 3. The first kappa shape index (κ1) is 24.7. The van der Waals surface area contributed by atoms with Gasteiger partial charge in [0.15, 0.2) is 5.75 Å². The molecule has 0 unspecified atom stereocenters. The molecular formula is C28H37NO4. The van der Waals surface area contributed by atoms with Crippen molar-refractivity contribution >= 4 is 10.9 Å². The molecule has 0 aliphatic carbocycles. The fraction of sp³-hybridized carbons (Fsp3) is 0.464. The van der Waals surface area contributed by atoms with Crippen molar-refractivity contribution in [3.8, 4) is 28.9 Å². The molecule has 0 atom stereocenters. The van der Waals surface area contributed by atoms with E-state index in [9.17, 15) is 0 Å². The van der Waals surface area contributed by atoms with Crippen LogP contribution in [0.5, 0.6) is 28.9 Å². The molecule has 0 saturated heterocycles. The number of benzene rings is 2. The monoisotopic (exact) mass is 451 g/mol. The molecule has 0 N–H and O–H groups in total. The summed E-state index contributed by atoms with van der Waals surface area (Å²) in [7, 11) is 5.04. The minimum absolute atomic E-state index is 0.657. The molecule has 0 aliphatic heterocycles. The topological polar surface area (TPSA) is 49.8 Å². The number of aromatic nitrogens is 1. The second-order valence-electron chi connectivity index (χ2n) is 8.34. The van der Waals surface area contributed by atoms with Crippen LogP contribution in [0.2, 0.25) is 0 Å². The molecule has 0 bridgehead atoms. The van der Waals surface area contributed by atoms with Crippen LogP contribution < -0.4 is 18.9 Å². The van der Waals surface area contributed by atoms with Gasteiger partial charge in [-0.1, -0.05) is 39.5 Å². The number of hydrogen-bond acceptors (Lipinski definition) is 5. The summed E-state index contributed by atoms with van der Waals surface area (Å²) in [5.41, 5.74) is 3.01. The first-order valence-electron chi connectivity index (χ1n) is 12.0. The van der Waals surface area contributed by atoms with Gasteiger partial charge in [-0.15, -0.1) is 0 Å². The van der Waals surface area contributed by atoms with Gasteiger partial charge in [0.05, 0.1) is 21.3 Å². The Kier molecular flexibility index (Phi) is 9.23. The number of aryl methyl sites for hydroxylation is 2. The molecule has 0 saturated carbocycles. The summed E-state index contributed by atoms with van der Waals surface area (Å²) in [5, 5.41) is 0.984. The lowest BCUT2D eigenvalue weighted by molar-refractivity contribution is 0.392. The van der Waals surface area contributed by atoms with Gasteiger partial charge in [0.2, 0.25) is 5.88 Å². The highest BCUT2D eigenvalue weighted by atomic mass is 16.5. The summed E-state index contributed by atoms with van der Waals surface area (Å²) in [6, 6.07) is 12.0.